The quantitative estimate of drug-likeness (QED) is 0.679. The van der Waals surface area contributed by atoms with Crippen LogP contribution in [0.2, 0.25) is 0 Å². The number of nitrogens with zero attached hydrogens (tertiary/aromatic N) is 1. The Morgan fingerprint density at radius 3 is 2.62 bits per heavy atom. The molecule has 0 N–H and O–H groups in total. The summed E-state index contributed by atoms with van der Waals surface area (Å²) in [7, 11) is 1.26. The summed E-state index contributed by atoms with van der Waals surface area (Å²) >= 11 is 0. The van der Waals surface area contributed by atoms with Gasteiger partial charge >= 0.3 is 5.97 Å². The third-order valence-corrected chi connectivity index (χ3v) is 3.84. The number of carbonyl (C=O) groups is 1. The minimum atomic E-state index is -0.635. The van der Waals surface area contributed by atoms with E-state index in [1.165, 1.54) is 19.2 Å². The summed E-state index contributed by atoms with van der Waals surface area (Å²) in [6, 6.07) is 5.20. The van der Waals surface area contributed by atoms with Crippen molar-refractivity contribution in [1.82, 2.24) is 4.90 Å². The predicted octanol–water partition coefficient (Wildman–Crippen LogP) is 4.01. The molecule has 118 valence electrons. The van der Waals surface area contributed by atoms with Gasteiger partial charge in [0, 0.05) is 12.6 Å². The van der Waals surface area contributed by atoms with Gasteiger partial charge in [-0.3, -0.25) is 4.90 Å². The number of rotatable bonds is 8. The van der Waals surface area contributed by atoms with Gasteiger partial charge in [-0.25, -0.2) is 9.18 Å². The molecule has 21 heavy (non-hydrogen) atoms. The van der Waals surface area contributed by atoms with Crippen LogP contribution in [0.3, 0.4) is 0 Å². The van der Waals surface area contributed by atoms with E-state index in [0.29, 0.717) is 12.6 Å². The molecule has 0 aliphatic rings. The molecular formula is C17H26FNO2. The molecule has 0 aliphatic heterocycles. The Bertz CT molecular complexity index is 462. The number of methoxy groups -OCH3 is 1. The van der Waals surface area contributed by atoms with Gasteiger partial charge in [0.05, 0.1) is 12.7 Å². The summed E-state index contributed by atoms with van der Waals surface area (Å²) < 4.78 is 18.5. The summed E-state index contributed by atoms with van der Waals surface area (Å²) in [5.74, 6) is -1.15. The Morgan fingerprint density at radius 1 is 1.38 bits per heavy atom. The van der Waals surface area contributed by atoms with E-state index in [1.54, 1.807) is 6.07 Å². The fraction of sp³-hybridized carbons (Fsp3) is 0.588. The topological polar surface area (TPSA) is 29.5 Å². The van der Waals surface area contributed by atoms with Gasteiger partial charge in [0.2, 0.25) is 0 Å². The summed E-state index contributed by atoms with van der Waals surface area (Å²) in [6.45, 7) is 8.22. The van der Waals surface area contributed by atoms with Gasteiger partial charge in [0.1, 0.15) is 5.82 Å². The van der Waals surface area contributed by atoms with Crippen LogP contribution in [0, 0.1) is 5.82 Å². The molecule has 0 saturated carbocycles. The fourth-order valence-electron chi connectivity index (χ4n) is 2.24. The molecule has 0 bridgehead atoms. The zero-order valence-electron chi connectivity index (χ0n) is 13.5. The number of hydrogen-bond donors (Lipinski definition) is 0. The highest BCUT2D eigenvalue weighted by Gasteiger charge is 2.15. The van der Waals surface area contributed by atoms with E-state index in [0.717, 1.165) is 31.4 Å². The Kier molecular flexibility index (Phi) is 7.37. The molecular weight excluding hydrogens is 269 g/mol. The van der Waals surface area contributed by atoms with Gasteiger partial charge in [0.25, 0.3) is 0 Å². The highest BCUT2D eigenvalue weighted by Crippen LogP contribution is 2.16. The standard InChI is InChI=1S/C17H26FNO2/c1-5-7-10-19(13(3)6-2)12-14-8-9-15(16(18)11-14)17(20)21-4/h8-9,11,13H,5-7,10,12H2,1-4H3. The maximum Gasteiger partial charge on any atom is 0.340 e. The molecule has 0 fully saturated rings. The highest BCUT2D eigenvalue weighted by atomic mass is 19.1. The second-order valence-corrected chi connectivity index (χ2v) is 5.39. The van der Waals surface area contributed by atoms with Crippen molar-refractivity contribution in [2.24, 2.45) is 0 Å². The lowest BCUT2D eigenvalue weighted by Gasteiger charge is -2.28. The smallest absolute Gasteiger partial charge is 0.340 e. The molecule has 1 atom stereocenters. The number of halogens is 1. The number of benzene rings is 1. The molecule has 0 spiro atoms. The lowest BCUT2D eigenvalue weighted by molar-refractivity contribution is 0.0595. The lowest BCUT2D eigenvalue weighted by atomic mass is 10.1. The molecule has 1 unspecified atom stereocenters. The van der Waals surface area contributed by atoms with Crippen molar-refractivity contribution >= 4 is 5.97 Å². The molecule has 1 aromatic carbocycles. The molecule has 0 radical (unpaired) electrons. The Labute approximate surface area is 127 Å². The van der Waals surface area contributed by atoms with Crippen LogP contribution in [0.1, 0.15) is 56.0 Å². The van der Waals surface area contributed by atoms with E-state index < -0.39 is 11.8 Å². The first-order chi connectivity index (χ1) is 10.0. The average Bonchev–Trinajstić information content (AvgIpc) is 2.50. The van der Waals surface area contributed by atoms with Crippen molar-refractivity contribution in [2.75, 3.05) is 13.7 Å². The van der Waals surface area contributed by atoms with Gasteiger partial charge < -0.3 is 4.74 Å². The van der Waals surface area contributed by atoms with E-state index in [1.807, 2.05) is 0 Å². The van der Waals surface area contributed by atoms with Gasteiger partial charge in [-0.05, 0) is 44.0 Å². The molecule has 1 rings (SSSR count). The third kappa shape index (κ3) is 5.12. The van der Waals surface area contributed by atoms with Crippen molar-refractivity contribution in [3.63, 3.8) is 0 Å². The van der Waals surface area contributed by atoms with Crippen molar-refractivity contribution in [1.29, 1.82) is 0 Å². The monoisotopic (exact) mass is 295 g/mol. The van der Waals surface area contributed by atoms with Crippen LogP contribution < -0.4 is 0 Å². The van der Waals surface area contributed by atoms with Crippen LogP contribution in [0.5, 0.6) is 0 Å². The van der Waals surface area contributed by atoms with Crippen molar-refractivity contribution in [3.8, 4) is 0 Å². The predicted molar refractivity (Wildman–Crippen MR) is 82.8 cm³/mol. The lowest BCUT2D eigenvalue weighted by Crippen LogP contribution is -2.33. The molecule has 3 nitrogen and oxygen atoms in total. The highest BCUT2D eigenvalue weighted by molar-refractivity contribution is 5.89. The Morgan fingerprint density at radius 2 is 2.10 bits per heavy atom. The molecule has 0 aliphatic carbocycles. The number of esters is 1. The maximum absolute atomic E-state index is 14.0. The molecule has 0 amide bonds. The molecule has 0 aromatic heterocycles. The number of ether oxygens (including phenoxy) is 1. The second-order valence-electron chi connectivity index (χ2n) is 5.39. The first kappa shape index (κ1) is 17.6. The van der Waals surface area contributed by atoms with Crippen molar-refractivity contribution < 1.29 is 13.9 Å². The number of unbranched alkanes of at least 4 members (excludes halogenated alkanes) is 1. The first-order valence-corrected chi connectivity index (χ1v) is 7.64. The van der Waals surface area contributed by atoms with Gasteiger partial charge in [0.15, 0.2) is 0 Å². The van der Waals surface area contributed by atoms with Gasteiger partial charge in [-0.15, -0.1) is 0 Å². The van der Waals surface area contributed by atoms with Crippen LogP contribution in [0.15, 0.2) is 18.2 Å². The summed E-state index contributed by atoms with van der Waals surface area (Å²) in [5.41, 5.74) is 0.876. The van der Waals surface area contributed by atoms with Gasteiger partial charge in [-0.1, -0.05) is 26.3 Å². The maximum atomic E-state index is 14.0. The Hall–Kier alpha value is -1.42. The van der Waals surface area contributed by atoms with E-state index >= 15 is 0 Å². The SMILES string of the molecule is CCCCN(Cc1ccc(C(=O)OC)c(F)c1)C(C)CC. The molecule has 4 heteroatoms. The van der Waals surface area contributed by atoms with Crippen LogP contribution in [-0.2, 0) is 11.3 Å². The number of carbonyl (C=O) groups excluding carboxylic acids is 1. The summed E-state index contributed by atoms with van der Waals surface area (Å²) in [5, 5.41) is 0. The second kappa shape index (κ2) is 8.78. The van der Waals surface area contributed by atoms with E-state index in [4.69, 9.17) is 0 Å². The zero-order chi connectivity index (χ0) is 15.8. The van der Waals surface area contributed by atoms with Crippen LogP contribution in [0.4, 0.5) is 4.39 Å². The normalized spacial score (nSPS) is 12.5. The fourth-order valence-corrected chi connectivity index (χ4v) is 2.24. The van der Waals surface area contributed by atoms with E-state index in [2.05, 4.69) is 30.4 Å². The summed E-state index contributed by atoms with van der Waals surface area (Å²) in [4.78, 5) is 13.7. The minimum absolute atomic E-state index is 0.00935. The molecule has 0 saturated heterocycles. The van der Waals surface area contributed by atoms with Crippen molar-refractivity contribution in [3.05, 3.63) is 35.1 Å². The minimum Gasteiger partial charge on any atom is -0.465 e. The van der Waals surface area contributed by atoms with Crippen molar-refractivity contribution in [2.45, 2.75) is 52.6 Å². The third-order valence-electron chi connectivity index (χ3n) is 3.84. The molecule has 1 aromatic rings. The van der Waals surface area contributed by atoms with E-state index in [9.17, 15) is 9.18 Å². The van der Waals surface area contributed by atoms with E-state index in [-0.39, 0.29) is 5.56 Å². The first-order valence-electron chi connectivity index (χ1n) is 7.64. The molecule has 0 heterocycles. The Balaban J connectivity index is 2.84. The number of hydrogen-bond acceptors (Lipinski definition) is 3. The largest absolute Gasteiger partial charge is 0.465 e. The van der Waals surface area contributed by atoms with Crippen LogP contribution >= 0.6 is 0 Å². The van der Waals surface area contributed by atoms with Crippen LogP contribution in [0.25, 0.3) is 0 Å². The zero-order valence-corrected chi connectivity index (χ0v) is 13.5. The average molecular weight is 295 g/mol. The van der Waals surface area contributed by atoms with Gasteiger partial charge in [-0.2, -0.15) is 0 Å². The van der Waals surface area contributed by atoms with Crippen LogP contribution in [-0.4, -0.2) is 30.6 Å². The summed E-state index contributed by atoms with van der Waals surface area (Å²) in [6.07, 6.45) is 3.34.